The number of sulfonamides is 1. The molecule has 3 rings (SSSR count). The number of nitrogens with one attached hydrogen (secondary N) is 1. The van der Waals surface area contributed by atoms with Crippen LogP contribution in [0, 0.1) is 12.7 Å². The molecule has 0 aliphatic heterocycles. The van der Waals surface area contributed by atoms with E-state index in [0.717, 1.165) is 34.1 Å². The van der Waals surface area contributed by atoms with Gasteiger partial charge in [-0.05, 0) is 83.1 Å². The molecule has 0 heterocycles. The fourth-order valence-corrected chi connectivity index (χ4v) is 5.82. The molecule has 3 aromatic rings. The van der Waals surface area contributed by atoms with Crippen LogP contribution >= 0.6 is 23.2 Å². The van der Waals surface area contributed by atoms with E-state index in [4.69, 9.17) is 23.2 Å². The van der Waals surface area contributed by atoms with Crippen LogP contribution in [0.2, 0.25) is 10.0 Å². The number of benzene rings is 3. The Morgan fingerprint density at radius 3 is 2.02 bits per heavy atom. The zero-order chi connectivity index (χ0) is 29.8. The Bertz CT molecular complexity index is 1450. The van der Waals surface area contributed by atoms with Crippen molar-refractivity contribution < 1.29 is 22.4 Å². The van der Waals surface area contributed by atoms with Gasteiger partial charge in [0.2, 0.25) is 11.8 Å². The largest absolute Gasteiger partial charge is 0.350 e. The molecule has 0 aliphatic rings. The van der Waals surface area contributed by atoms with Crippen molar-refractivity contribution in [3.05, 3.63) is 93.7 Å². The third-order valence-electron chi connectivity index (χ3n) is 6.06. The van der Waals surface area contributed by atoms with Gasteiger partial charge >= 0.3 is 0 Å². The Morgan fingerprint density at radius 2 is 1.50 bits per heavy atom. The Hall–Kier alpha value is -3.14. The number of hydrogen-bond acceptors (Lipinski definition) is 4. The van der Waals surface area contributed by atoms with Crippen molar-refractivity contribution in [3.63, 3.8) is 0 Å². The van der Waals surface area contributed by atoms with Crippen molar-refractivity contribution in [1.29, 1.82) is 0 Å². The third kappa shape index (κ3) is 7.74. The quantitative estimate of drug-likeness (QED) is 0.325. The number of carbonyl (C=O) groups excluding carboxylic acids is 2. The molecule has 40 heavy (non-hydrogen) atoms. The molecule has 0 aliphatic carbocycles. The number of amides is 2. The highest BCUT2D eigenvalue weighted by Gasteiger charge is 2.34. The highest BCUT2D eigenvalue weighted by atomic mass is 35.5. The molecular weight excluding hydrogens is 576 g/mol. The fourth-order valence-electron chi connectivity index (χ4n) is 3.88. The maximum absolute atomic E-state index is 14.0. The van der Waals surface area contributed by atoms with E-state index in [1.165, 1.54) is 4.90 Å². The standard InChI is InChI=1S/C29H32Cl2FN3O4S/c1-19-9-13-22(14-10-19)35(40(38,39)23-15-11-21(32)12-16-23)18-27(36)34(20(2)28(37)33-29(3,4)5)17-24-25(30)7-6-8-26(24)31/h6-16,20H,17-18H2,1-5H3,(H,33,37). The highest BCUT2D eigenvalue weighted by molar-refractivity contribution is 7.92. The number of carbonyl (C=O) groups is 2. The van der Waals surface area contributed by atoms with Crippen molar-refractivity contribution in [2.24, 2.45) is 0 Å². The lowest BCUT2D eigenvalue weighted by Crippen LogP contribution is -2.54. The predicted molar refractivity (Wildman–Crippen MR) is 156 cm³/mol. The van der Waals surface area contributed by atoms with Crippen LogP contribution in [-0.4, -0.2) is 43.3 Å². The lowest BCUT2D eigenvalue weighted by atomic mass is 10.1. The van der Waals surface area contributed by atoms with E-state index in [9.17, 15) is 22.4 Å². The van der Waals surface area contributed by atoms with Gasteiger partial charge in [-0.25, -0.2) is 12.8 Å². The van der Waals surface area contributed by atoms with Gasteiger partial charge < -0.3 is 10.2 Å². The lowest BCUT2D eigenvalue weighted by Gasteiger charge is -2.33. The molecule has 0 radical (unpaired) electrons. The monoisotopic (exact) mass is 607 g/mol. The minimum absolute atomic E-state index is 0.144. The number of rotatable bonds is 9. The van der Waals surface area contributed by atoms with Gasteiger partial charge in [0, 0.05) is 27.7 Å². The van der Waals surface area contributed by atoms with E-state index in [2.05, 4.69) is 5.32 Å². The van der Waals surface area contributed by atoms with Crippen LogP contribution in [0.4, 0.5) is 10.1 Å². The summed E-state index contributed by atoms with van der Waals surface area (Å²) in [6.07, 6.45) is 0. The molecule has 0 spiro atoms. The molecule has 1 atom stereocenters. The average molecular weight is 609 g/mol. The molecule has 1 unspecified atom stereocenters. The first kappa shape index (κ1) is 31.4. The maximum atomic E-state index is 14.0. The van der Waals surface area contributed by atoms with Crippen LogP contribution in [0.25, 0.3) is 0 Å². The molecule has 0 fully saturated rings. The molecular formula is C29H32Cl2FN3O4S. The van der Waals surface area contributed by atoms with Gasteiger partial charge in [0.25, 0.3) is 10.0 Å². The number of halogens is 3. The number of hydrogen-bond donors (Lipinski definition) is 1. The van der Waals surface area contributed by atoms with Crippen LogP contribution in [0.5, 0.6) is 0 Å². The summed E-state index contributed by atoms with van der Waals surface area (Å²) in [7, 11) is -4.31. The summed E-state index contributed by atoms with van der Waals surface area (Å²) in [4.78, 5) is 28.2. The van der Waals surface area contributed by atoms with Crippen LogP contribution < -0.4 is 9.62 Å². The molecule has 0 aromatic heterocycles. The van der Waals surface area contributed by atoms with Gasteiger partial charge in [0.1, 0.15) is 18.4 Å². The summed E-state index contributed by atoms with van der Waals surface area (Å²) in [6.45, 7) is 8.04. The van der Waals surface area contributed by atoms with Crippen LogP contribution in [0.3, 0.4) is 0 Å². The van der Waals surface area contributed by atoms with E-state index in [1.54, 1.807) is 49.4 Å². The minimum Gasteiger partial charge on any atom is -0.350 e. The lowest BCUT2D eigenvalue weighted by molar-refractivity contribution is -0.140. The molecule has 7 nitrogen and oxygen atoms in total. The Kier molecular flexibility index (Phi) is 9.87. The van der Waals surface area contributed by atoms with E-state index in [0.29, 0.717) is 15.6 Å². The number of anilines is 1. The Balaban J connectivity index is 2.07. The Morgan fingerprint density at radius 1 is 0.950 bits per heavy atom. The van der Waals surface area contributed by atoms with Gasteiger partial charge in [-0.15, -0.1) is 0 Å². The molecule has 0 saturated carbocycles. The summed E-state index contributed by atoms with van der Waals surface area (Å²) >= 11 is 12.8. The summed E-state index contributed by atoms with van der Waals surface area (Å²) in [6, 6.07) is 14.8. The van der Waals surface area contributed by atoms with E-state index in [1.807, 2.05) is 27.7 Å². The predicted octanol–water partition coefficient (Wildman–Crippen LogP) is 5.97. The maximum Gasteiger partial charge on any atom is 0.264 e. The number of nitrogens with zero attached hydrogens (tertiary/aromatic N) is 2. The van der Waals surface area contributed by atoms with Crippen LogP contribution in [-0.2, 0) is 26.2 Å². The summed E-state index contributed by atoms with van der Waals surface area (Å²) in [5.74, 6) is -1.70. The average Bonchev–Trinajstić information content (AvgIpc) is 2.86. The zero-order valence-electron chi connectivity index (χ0n) is 22.9. The first-order valence-electron chi connectivity index (χ1n) is 12.5. The Labute approximate surface area is 244 Å². The first-order valence-corrected chi connectivity index (χ1v) is 14.7. The topological polar surface area (TPSA) is 86.8 Å². The van der Waals surface area contributed by atoms with Crippen molar-refractivity contribution >= 4 is 50.7 Å². The second-order valence-corrected chi connectivity index (χ2v) is 13.1. The zero-order valence-corrected chi connectivity index (χ0v) is 25.2. The van der Waals surface area contributed by atoms with Gasteiger partial charge in [-0.1, -0.05) is 47.0 Å². The van der Waals surface area contributed by atoms with Crippen molar-refractivity contribution in [2.45, 2.75) is 57.6 Å². The third-order valence-corrected chi connectivity index (χ3v) is 8.55. The van der Waals surface area contributed by atoms with Crippen LogP contribution in [0.15, 0.2) is 71.6 Å². The van der Waals surface area contributed by atoms with E-state index < -0.39 is 45.8 Å². The highest BCUT2D eigenvalue weighted by Crippen LogP contribution is 2.28. The van der Waals surface area contributed by atoms with E-state index >= 15 is 0 Å². The smallest absolute Gasteiger partial charge is 0.264 e. The molecule has 0 saturated heterocycles. The van der Waals surface area contributed by atoms with Gasteiger partial charge in [-0.2, -0.15) is 0 Å². The minimum atomic E-state index is -4.31. The van der Waals surface area contributed by atoms with E-state index in [-0.39, 0.29) is 17.1 Å². The van der Waals surface area contributed by atoms with Gasteiger partial charge in [-0.3, -0.25) is 13.9 Å². The summed E-state index contributed by atoms with van der Waals surface area (Å²) < 4.78 is 42.0. The van der Waals surface area contributed by atoms with Crippen molar-refractivity contribution in [1.82, 2.24) is 10.2 Å². The molecule has 1 N–H and O–H groups in total. The summed E-state index contributed by atoms with van der Waals surface area (Å²) in [5.41, 5.74) is 0.947. The van der Waals surface area contributed by atoms with Crippen molar-refractivity contribution in [2.75, 3.05) is 10.8 Å². The fraction of sp³-hybridized carbons (Fsp3) is 0.310. The van der Waals surface area contributed by atoms with Gasteiger partial charge in [0.05, 0.1) is 10.6 Å². The second-order valence-electron chi connectivity index (χ2n) is 10.4. The number of aryl methyl sites for hydroxylation is 1. The molecule has 11 heteroatoms. The molecule has 2 amide bonds. The van der Waals surface area contributed by atoms with Crippen LogP contribution in [0.1, 0.15) is 38.8 Å². The normalized spacial score (nSPS) is 12.5. The molecule has 0 bridgehead atoms. The van der Waals surface area contributed by atoms with Crippen molar-refractivity contribution in [3.8, 4) is 0 Å². The van der Waals surface area contributed by atoms with Gasteiger partial charge in [0.15, 0.2) is 0 Å². The summed E-state index contributed by atoms with van der Waals surface area (Å²) in [5, 5.41) is 3.44. The molecule has 214 valence electrons. The SMILES string of the molecule is Cc1ccc(N(CC(=O)N(Cc2c(Cl)cccc2Cl)C(C)C(=O)NC(C)(C)C)S(=O)(=O)c2ccc(F)cc2)cc1. The molecule has 3 aromatic carbocycles. The second kappa shape index (κ2) is 12.6. The first-order chi connectivity index (χ1) is 18.6.